The van der Waals surface area contributed by atoms with E-state index in [4.69, 9.17) is 5.73 Å². The Morgan fingerprint density at radius 3 is 2.47 bits per heavy atom. The van der Waals surface area contributed by atoms with Crippen LogP contribution in [0.4, 0.5) is 19.0 Å². The molecule has 32 heavy (non-hydrogen) atoms. The number of hydrogen-bond acceptors (Lipinski definition) is 5. The Kier molecular flexibility index (Phi) is 5.71. The Labute approximate surface area is 183 Å². The number of nitrogen functional groups attached to an aromatic ring is 1. The van der Waals surface area contributed by atoms with Crippen LogP contribution in [0.2, 0.25) is 0 Å². The Hall–Kier alpha value is -3.14. The number of aromatic nitrogens is 3. The van der Waals surface area contributed by atoms with Gasteiger partial charge in [0.25, 0.3) is 5.91 Å². The van der Waals surface area contributed by atoms with Crippen LogP contribution >= 0.6 is 0 Å². The summed E-state index contributed by atoms with van der Waals surface area (Å²) in [6.45, 7) is 7.12. The van der Waals surface area contributed by atoms with Gasteiger partial charge in [-0.05, 0) is 51.8 Å². The van der Waals surface area contributed by atoms with E-state index in [0.29, 0.717) is 11.3 Å². The van der Waals surface area contributed by atoms with Crippen LogP contribution in [0.15, 0.2) is 30.6 Å². The predicted molar refractivity (Wildman–Crippen MR) is 115 cm³/mol. The number of amides is 1. The van der Waals surface area contributed by atoms with Crippen LogP contribution in [-0.4, -0.2) is 43.7 Å². The largest absolute Gasteiger partial charge is 0.397 e. The first kappa shape index (κ1) is 23.5. The Bertz CT molecular complexity index is 1180. The van der Waals surface area contributed by atoms with E-state index in [1.807, 2.05) is 0 Å². The molecule has 2 aromatic heterocycles. The summed E-state index contributed by atoms with van der Waals surface area (Å²) in [5, 5.41) is 12.4. The number of rotatable bonds is 5. The monoisotopic (exact) mass is 449 g/mol. The highest BCUT2D eigenvalue weighted by atomic mass is 19.4. The molecule has 1 aromatic carbocycles. The van der Waals surface area contributed by atoms with Gasteiger partial charge in [-0.3, -0.25) is 9.20 Å². The number of fused-ring (bicyclic) bond motifs is 1. The molecule has 0 aliphatic rings. The van der Waals surface area contributed by atoms with Gasteiger partial charge >= 0.3 is 6.18 Å². The van der Waals surface area contributed by atoms with Gasteiger partial charge in [-0.1, -0.05) is 12.1 Å². The van der Waals surface area contributed by atoms with E-state index in [-0.39, 0.29) is 29.3 Å². The lowest BCUT2D eigenvalue weighted by Crippen LogP contribution is -2.38. The van der Waals surface area contributed by atoms with Gasteiger partial charge in [-0.2, -0.15) is 13.2 Å². The molecule has 2 heterocycles. The number of carbonyl (C=O) groups excluding carboxylic acids is 1. The first-order valence-electron chi connectivity index (χ1n) is 9.94. The van der Waals surface area contributed by atoms with Crippen LogP contribution in [0, 0.1) is 6.92 Å². The number of nitrogens with one attached hydrogen (secondary N) is 1. The summed E-state index contributed by atoms with van der Waals surface area (Å²) in [6, 6.07) is 4.57. The molecule has 0 aliphatic carbocycles. The fraction of sp³-hybridized carbons (Fsp3) is 0.409. The van der Waals surface area contributed by atoms with Crippen molar-refractivity contribution in [1.29, 1.82) is 0 Å². The van der Waals surface area contributed by atoms with Gasteiger partial charge < -0.3 is 16.2 Å². The minimum absolute atomic E-state index is 0.00316. The molecule has 1 amide bonds. The Morgan fingerprint density at radius 1 is 1.22 bits per heavy atom. The van der Waals surface area contributed by atoms with Gasteiger partial charge in [0.1, 0.15) is 5.69 Å². The minimum Gasteiger partial charge on any atom is -0.389 e. The SMILES string of the molecule is Cc1ccc(C(C)(C)C(F)(F)F)cc1-c1cnc2c(N)nc(C(=O)NCC(C)(C)O)cn12. The smallest absolute Gasteiger partial charge is 0.389 e. The molecule has 0 unspecified atom stereocenters. The molecule has 0 aliphatic heterocycles. The zero-order chi connectivity index (χ0) is 24.1. The van der Waals surface area contributed by atoms with E-state index in [1.165, 1.54) is 28.9 Å². The van der Waals surface area contributed by atoms with Crippen molar-refractivity contribution >= 4 is 17.4 Å². The predicted octanol–water partition coefficient (Wildman–Crippen LogP) is 3.63. The summed E-state index contributed by atoms with van der Waals surface area (Å²) in [7, 11) is 0. The summed E-state index contributed by atoms with van der Waals surface area (Å²) < 4.78 is 42.3. The van der Waals surface area contributed by atoms with Crippen LogP contribution in [0.3, 0.4) is 0 Å². The lowest BCUT2D eigenvalue weighted by molar-refractivity contribution is -0.180. The summed E-state index contributed by atoms with van der Waals surface area (Å²) in [4.78, 5) is 20.8. The molecule has 0 bridgehead atoms. The van der Waals surface area contributed by atoms with Crippen molar-refractivity contribution in [3.8, 4) is 11.3 Å². The average molecular weight is 449 g/mol. The van der Waals surface area contributed by atoms with E-state index in [1.54, 1.807) is 26.8 Å². The Balaban J connectivity index is 2.12. The van der Waals surface area contributed by atoms with Crippen molar-refractivity contribution in [2.45, 2.75) is 51.8 Å². The molecule has 4 N–H and O–H groups in total. The van der Waals surface area contributed by atoms with Crippen LogP contribution in [0.25, 0.3) is 16.9 Å². The number of nitrogens with zero attached hydrogens (tertiary/aromatic N) is 3. The number of halogens is 3. The van der Waals surface area contributed by atoms with Gasteiger partial charge in [0.2, 0.25) is 0 Å². The molecule has 10 heteroatoms. The fourth-order valence-electron chi connectivity index (χ4n) is 3.16. The van der Waals surface area contributed by atoms with Gasteiger partial charge in [0.15, 0.2) is 11.5 Å². The highest BCUT2D eigenvalue weighted by Crippen LogP contribution is 2.42. The number of imidazole rings is 1. The first-order chi connectivity index (χ1) is 14.6. The molecule has 0 atom stereocenters. The van der Waals surface area contributed by atoms with Crippen molar-refractivity contribution in [2.24, 2.45) is 0 Å². The van der Waals surface area contributed by atoms with Crippen LogP contribution in [-0.2, 0) is 5.41 Å². The normalized spacial score (nSPS) is 12.9. The lowest BCUT2D eigenvalue weighted by Gasteiger charge is -2.29. The number of benzene rings is 1. The third-order valence-electron chi connectivity index (χ3n) is 5.38. The summed E-state index contributed by atoms with van der Waals surface area (Å²) in [5.74, 6) is -0.555. The number of aryl methyl sites for hydroxylation is 1. The van der Waals surface area contributed by atoms with Gasteiger partial charge in [0.05, 0.1) is 22.9 Å². The highest BCUT2D eigenvalue weighted by molar-refractivity contribution is 5.93. The zero-order valence-corrected chi connectivity index (χ0v) is 18.5. The molecule has 3 rings (SSSR count). The summed E-state index contributed by atoms with van der Waals surface area (Å²) >= 11 is 0. The molecule has 0 saturated carbocycles. The molecule has 0 saturated heterocycles. The molecule has 0 spiro atoms. The highest BCUT2D eigenvalue weighted by Gasteiger charge is 2.48. The molecule has 3 aromatic rings. The average Bonchev–Trinajstić information content (AvgIpc) is 3.09. The van der Waals surface area contributed by atoms with Crippen molar-refractivity contribution < 1.29 is 23.1 Å². The second-order valence-electron chi connectivity index (χ2n) is 9.00. The third kappa shape index (κ3) is 4.40. The maximum atomic E-state index is 13.6. The minimum atomic E-state index is -4.43. The van der Waals surface area contributed by atoms with Crippen LogP contribution in [0.5, 0.6) is 0 Å². The van der Waals surface area contributed by atoms with Crippen molar-refractivity contribution in [1.82, 2.24) is 19.7 Å². The number of nitrogens with two attached hydrogens (primary N) is 1. The van der Waals surface area contributed by atoms with Crippen molar-refractivity contribution in [3.63, 3.8) is 0 Å². The maximum absolute atomic E-state index is 13.6. The molecular formula is C22H26F3N5O2. The van der Waals surface area contributed by atoms with Gasteiger partial charge in [0, 0.05) is 18.3 Å². The van der Waals surface area contributed by atoms with Crippen molar-refractivity contribution in [2.75, 3.05) is 12.3 Å². The third-order valence-corrected chi connectivity index (χ3v) is 5.38. The second-order valence-corrected chi connectivity index (χ2v) is 9.00. The summed E-state index contributed by atoms with van der Waals surface area (Å²) in [5.41, 5.74) is 4.92. The number of alkyl halides is 3. The number of anilines is 1. The maximum Gasteiger partial charge on any atom is 0.397 e. The molecule has 0 radical (unpaired) electrons. The van der Waals surface area contributed by atoms with Crippen molar-refractivity contribution in [3.05, 3.63) is 47.4 Å². The van der Waals surface area contributed by atoms with E-state index >= 15 is 0 Å². The topological polar surface area (TPSA) is 106 Å². The molecule has 0 fully saturated rings. The van der Waals surface area contributed by atoms with Crippen LogP contribution < -0.4 is 11.1 Å². The lowest BCUT2D eigenvalue weighted by atomic mass is 9.82. The van der Waals surface area contributed by atoms with Gasteiger partial charge in [-0.25, -0.2) is 9.97 Å². The van der Waals surface area contributed by atoms with Crippen LogP contribution in [0.1, 0.15) is 49.3 Å². The summed E-state index contributed by atoms with van der Waals surface area (Å²) in [6.07, 6.45) is -1.52. The fourth-order valence-corrected chi connectivity index (χ4v) is 3.16. The Morgan fingerprint density at radius 2 is 1.88 bits per heavy atom. The molecule has 7 nitrogen and oxygen atoms in total. The van der Waals surface area contributed by atoms with E-state index < -0.39 is 23.1 Å². The first-order valence-corrected chi connectivity index (χ1v) is 9.94. The van der Waals surface area contributed by atoms with Gasteiger partial charge in [-0.15, -0.1) is 0 Å². The molecule has 172 valence electrons. The molecular weight excluding hydrogens is 423 g/mol. The second kappa shape index (κ2) is 7.77. The number of aliphatic hydroxyl groups is 1. The van der Waals surface area contributed by atoms with E-state index in [9.17, 15) is 23.1 Å². The quantitative estimate of drug-likeness (QED) is 0.552. The number of hydrogen-bond donors (Lipinski definition) is 3. The standard InChI is InChI=1S/C22H26F3N5O2/c1-12-6-7-13(21(4,5)22(23,24)25)8-14(12)16-9-27-18-17(26)29-15(10-30(16)18)19(31)28-11-20(2,3)32/h6-10,32H,11H2,1-5H3,(H2,26,29)(H,28,31). The number of carbonyl (C=O) groups is 1. The zero-order valence-electron chi connectivity index (χ0n) is 18.5. The van der Waals surface area contributed by atoms with E-state index in [2.05, 4.69) is 15.3 Å². The van der Waals surface area contributed by atoms with E-state index in [0.717, 1.165) is 19.4 Å².